The van der Waals surface area contributed by atoms with Crippen LogP contribution >= 0.6 is 0 Å². The van der Waals surface area contributed by atoms with E-state index in [-0.39, 0.29) is 24.5 Å². The highest BCUT2D eigenvalue weighted by Crippen LogP contribution is 2.37. The lowest BCUT2D eigenvalue weighted by Crippen LogP contribution is -2.23. The van der Waals surface area contributed by atoms with Gasteiger partial charge in [-0.1, -0.05) is 0 Å². The number of aliphatic hydroxyl groups is 1. The van der Waals surface area contributed by atoms with E-state index in [1.54, 1.807) is 11.8 Å². The number of ether oxygens (including phenoxy) is 2. The number of aliphatic hydroxyl groups excluding tert-OH is 1. The maximum atomic E-state index is 12.6. The highest BCUT2D eigenvalue weighted by Gasteiger charge is 2.26. The van der Waals surface area contributed by atoms with Crippen molar-refractivity contribution in [2.75, 3.05) is 32.2 Å². The van der Waals surface area contributed by atoms with Gasteiger partial charge in [-0.3, -0.25) is 9.48 Å². The summed E-state index contributed by atoms with van der Waals surface area (Å²) in [5, 5.41) is 22.6. The van der Waals surface area contributed by atoms with E-state index < -0.39 is 0 Å². The number of fused-ring (bicyclic) bond motifs is 1. The highest BCUT2D eigenvalue weighted by molar-refractivity contribution is 5.82. The Bertz CT molecular complexity index is 1180. The Hall–Kier alpha value is -2.82. The zero-order valence-corrected chi connectivity index (χ0v) is 21.1. The van der Waals surface area contributed by atoms with Crippen molar-refractivity contribution in [3.63, 3.8) is 0 Å². The van der Waals surface area contributed by atoms with E-state index in [0.717, 1.165) is 61.0 Å². The van der Waals surface area contributed by atoms with Crippen LogP contribution in [0, 0.1) is 5.92 Å². The van der Waals surface area contributed by atoms with Crippen LogP contribution in [-0.2, 0) is 20.8 Å². The van der Waals surface area contributed by atoms with Crippen LogP contribution in [0.2, 0.25) is 0 Å². The molecule has 36 heavy (non-hydrogen) atoms. The van der Waals surface area contributed by atoms with Gasteiger partial charge in [-0.05, 0) is 51.0 Å². The molecule has 1 aliphatic heterocycles. The molecule has 3 aromatic rings. The number of rotatable bonds is 10. The summed E-state index contributed by atoms with van der Waals surface area (Å²) in [6, 6.07) is 2.25. The predicted octanol–water partition coefficient (Wildman–Crippen LogP) is 3.05. The van der Waals surface area contributed by atoms with Gasteiger partial charge in [0.15, 0.2) is 5.78 Å². The number of Topliss-reactive ketones (excluding diaryl/α,β-unsaturated/α-hetero) is 1. The number of aromatic nitrogens is 5. The Balaban J connectivity index is 1.42. The van der Waals surface area contributed by atoms with Crippen molar-refractivity contribution in [2.45, 2.75) is 70.1 Å². The van der Waals surface area contributed by atoms with Crippen LogP contribution in [0.4, 0.5) is 5.95 Å². The summed E-state index contributed by atoms with van der Waals surface area (Å²) in [6.07, 6.45) is 10.3. The number of methoxy groups -OCH3 is 1. The molecule has 0 aromatic carbocycles. The Labute approximate surface area is 211 Å². The number of ketones is 1. The van der Waals surface area contributed by atoms with E-state index in [0.29, 0.717) is 37.4 Å². The topological polar surface area (TPSA) is 116 Å². The van der Waals surface area contributed by atoms with Crippen molar-refractivity contribution < 1.29 is 19.4 Å². The molecule has 10 nitrogen and oxygen atoms in total. The van der Waals surface area contributed by atoms with E-state index in [4.69, 9.17) is 14.6 Å². The van der Waals surface area contributed by atoms with Gasteiger partial charge in [0.1, 0.15) is 0 Å². The molecule has 10 heteroatoms. The Morgan fingerprint density at radius 3 is 2.86 bits per heavy atom. The normalized spacial score (nSPS) is 23.2. The van der Waals surface area contributed by atoms with Gasteiger partial charge >= 0.3 is 0 Å². The van der Waals surface area contributed by atoms with E-state index in [2.05, 4.69) is 21.5 Å². The second-order valence-corrected chi connectivity index (χ2v) is 10.3. The zero-order valence-electron chi connectivity index (χ0n) is 21.1. The van der Waals surface area contributed by atoms with Gasteiger partial charge < -0.3 is 19.9 Å². The molecule has 4 heterocycles. The molecule has 3 aromatic heterocycles. The summed E-state index contributed by atoms with van der Waals surface area (Å²) in [5.41, 5.74) is 3.94. The summed E-state index contributed by atoms with van der Waals surface area (Å²) in [7, 11) is 1.67. The number of nitrogens with one attached hydrogen (secondary N) is 1. The number of nitrogens with zero attached hydrogens (tertiary/aromatic N) is 5. The zero-order chi connectivity index (χ0) is 25.1. The summed E-state index contributed by atoms with van der Waals surface area (Å²) < 4.78 is 14.3. The quantitative estimate of drug-likeness (QED) is 0.440. The van der Waals surface area contributed by atoms with Gasteiger partial charge in [0.2, 0.25) is 5.95 Å². The van der Waals surface area contributed by atoms with E-state index in [1.165, 1.54) is 0 Å². The minimum Gasteiger partial charge on any atom is -0.393 e. The Morgan fingerprint density at radius 1 is 1.28 bits per heavy atom. The first-order valence-corrected chi connectivity index (χ1v) is 12.9. The van der Waals surface area contributed by atoms with Crippen molar-refractivity contribution in [3.8, 4) is 11.1 Å². The third-order valence-electron chi connectivity index (χ3n) is 7.27. The van der Waals surface area contributed by atoms with Crippen molar-refractivity contribution in [3.05, 3.63) is 30.4 Å². The average Bonchev–Trinajstić information content (AvgIpc) is 3.60. The minimum atomic E-state index is -0.222. The molecule has 1 saturated carbocycles. The third-order valence-corrected chi connectivity index (χ3v) is 7.27. The van der Waals surface area contributed by atoms with E-state index in [1.807, 2.05) is 30.0 Å². The molecule has 2 fully saturated rings. The van der Waals surface area contributed by atoms with E-state index >= 15 is 0 Å². The fourth-order valence-electron chi connectivity index (χ4n) is 5.39. The lowest BCUT2D eigenvalue weighted by molar-refractivity contribution is -0.120. The van der Waals surface area contributed by atoms with Crippen LogP contribution in [0.25, 0.3) is 16.6 Å². The van der Waals surface area contributed by atoms with Gasteiger partial charge in [0, 0.05) is 61.7 Å². The average molecular weight is 497 g/mol. The SMILES string of the molecule is COC[C@H](C)Nc1ncc2c(-c3cnn(CC(=O)C[C@@H]4CCOC4)c3)cc(C3CCC(O)CC3)n2n1. The Kier molecular flexibility index (Phi) is 7.64. The molecule has 5 rings (SSSR count). The molecular weight excluding hydrogens is 460 g/mol. The first kappa shape index (κ1) is 24.9. The summed E-state index contributed by atoms with van der Waals surface area (Å²) in [4.78, 5) is 17.1. The van der Waals surface area contributed by atoms with Crippen molar-refractivity contribution >= 4 is 17.2 Å². The van der Waals surface area contributed by atoms with Gasteiger partial charge in [-0.25, -0.2) is 9.50 Å². The molecular formula is C26H36N6O4. The van der Waals surface area contributed by atoms with Crippen molar-refractivity contribution in [1.29, 1.82) is 0 Å². The third kappa shape index (κ3) is 5.61. The van der Waals surface area contributed by atoms with Crippen molar-refractivity contribution in [1.82, 2.24) is 24.4 Å². The molecule has 2 N–H and O–H groups in total. The molecule has 2 atom stereocenters. The number of carbonyl (C=O) groups is 1. The van der Waals surface area contributed by atoms with Gasteiger partial charge in [-0.15, -0.1) is 5.10 Å². The molecule has 0 spiro atoms. The second-order valence-electron chi connectivity index (χ2n) is 10.3. The molecule has 0 radical (unpaired) electrons. The minimum absolute atomic E-state index is 0.0716. The van der Waals surface area contributed by atoms with Gasteiger partial charge in [0.25, 0.3) is 0 Å². The summed E-state index contributed by atoms with van der Waals surface area (Å²) >= 11 is 0. The molecule has 1 saturated heterocycles. The van der Waals surface area contributed by atoms with Gasteiger partial charge in [0.05, 0.1) is 37.2 Å². The maximum Gasteiger partial charge on any atom is 0.241 e. The number of carbonyl (C=O) groups excluding carboxylic acids is 1. The van der Waals surface area contributed by atoms with Crippen molar-refractivity contribution in [2.24, 2.45) is 5.92 Å². The lowest BCUT2D eigenvalue weighted by Gasteiger charge is -2.25. The number of hydrogen-bond acceptors (Lipinski definition) is 8. The number of hydrogen-bond donors (Lipinski definition) is 2. The standard InChI is InChI=1S/C26H36N6O4/c1-17(15-35-2)29-26-27-12-25-23(10-24(32(25)30-26)19-3-5-21(33)6-4-19)20-11-28-31(13-20)14-22(34)9-18-7-8-36-16-18/h10-13,17-19,21,33H,3-9,14-16H2,1-2H3,(H,29,30)/t17-,18-,19?,21?/m0/s1. The summed E-state index contributed by atoms with van der Waals surface area (Å²) in [5.74, 6) is 1.35. The molecule has 1 aliphatic carbocycles. The van der Waals surface area contributed by atoms with Crippen LogP contribution in [0.5, 0.6) is 0 Å². The summed E-state index contributed by atoms with van der Waals surface area (Å²) in [6.45, 7) is 4.26. The lowest BCUT2D eigenvalue weighted by atomic mass is 9.85. The fourth-order valence-corrected chi connectivity index (χ4v) is 5.39. The monoisotopic (exact) mass is 496 g/mol. The van der Waals surface area contributed by atoms with Crippen LogP contribution in [-0.4, -0.2) is 74.3 Å². The van der Waals surface area contributed by atoms with Crippen LogP contribution < -0.4 is 5.32 Å². The van der Waals surface area contributed by atoms with Crippen LogP contribution in [0.3, 0.4) is 0 Å². The molecule has 0 bridgehead atoms. The fraction of sp³-hybridized carbons (Fsp3) is 0.615. The van der Waals surface area contributed by atoms with Crippen LogP contribution in [0.1, 0.15) is 57.1 Å². The van der Waals surface area contributed by atoms with Crippen LogP contribution in [0.15, 0.2) is 24.7 Å². The first-order chi connectivity index (χ1) is 17.5. The first-order valence-electron chi connectivity index (χ1n) is 12.9. The second kappa shape index (κ2) is 11.1. The highest BCUT2D eigenvalue weighted by atomic mass is 16.5. The maximum absolute atomic E-state index is 12.6. The largest absolute Gasteiger partial charge is 0.393 e. The molecule has 0 unspecified atom stereocenters. The number of anilines is 1. The molecule has 194 valence electrons. The smallest absolute Gasteiger partial charge is 0.241 e. The molecule has 0 amide bonds. The predicted molar refractivity (Wildman–Crippen MR) is 135 cm³/mol. The Morgan fingerprint density at radius 2 is 2.11 bits per heavy atom. The molecule has 2 aliphatic rings. The van der Waals surface area contributed by atoms with Gasteiger partial charge in [-0.2, -0.15) is 5.10 Å². The van der Waals surface area contributed by atoms with E-state index in [9.17, 15) is 9.90 Å².